The zero-order chi connectivity index (χ0) is 17.1. The van der Waals surface area contributed by atoms with E-state index in [0.717, 1.165) is 17.9 Å². The fourth-order valence-corrected chi connectivity index (χ4v) is 4.58. The lowest BCUT2D eigenvalue weighted by molar-refractivity contribution is 0.603. The lowest BCUT2D eigenvalue weighted by Crippen LogP contribution is -1.99. The highest BCUT2D eigenvalue weighted by atomic mass is 32.1. The zero-order valence-corrected chi connectivity index (χ0v) is 15.9. The number of rotatable bonds is 5. The van der Waals surface area contributed by atoms with Crippen LogP contribution in [0.4, 0.5) is 0 Å². The molecule has 0 amide bonds. The topological polar surface area (TPSA) is 27.1 Å². The molecular formula is C20H16AlN2OS. The number of hydrogen-bond acceptors (Lipinski definition) is 3. The van der Waals surface area contributed by atoms with Crippen LogP contribution in [0.1, 0.15) is 10.4 Å². The molecule has 0 fully saturated rings. The molecule has 0 N–H and O–H groups in total. The molecule has 0 spiro atoms. The first-order valence-electron chi connectivity index (χ1n) is 8.04. The second-order valence-electron chi connectivity index (χ2n) is 5.66. The molecule has 0 saturated heterocycles. The first kappa shape index (κ1) is 16.2. The van der Waals surface area contributed by atoms with Crippen LogP contribution < -0.4 is 3.79 Å². The Morgan fingerprint density at radius 1 is 0.960 bits per heavy atom. The van der Waals surface area contributed by atoms with Gasteiger partial charge in [0.1, 0.15) is 11.4 Å². The number of hydrogen-bond donors (Lipinski definition) is 0. The van der Waals surface area contributed by atoms with Gasteiger partial charge in [-0.25, -0.2) is 4.68 Å². The molecule has 4 aromatic rings. The van der Waals surface area contributed by atoms with E-state index in [1.54, 1.807) is 17.5 Å². The van der Waals surface area contributed by atoms with Gasteiger partial charge in [-0.1, -0.05) is 60.7 Å². The zero-order valence-electron chi connectivity index (χ0n) is 13.6. The van der Waals surface area contributed by atoms with Crippen molar-refractivity contribution in [3.8, 4) is 21.9 Å². The Labute approximate surface area is 159 Å². The van der Waals surface area contributed by atoms with Crippen molar-refractivity contribution in [1.29, 1.82) is 0 Å². The van der Waals surface area contributed by atoms with Crippen LogP contribution in [0.3, 0.4) is 0 Å². The summed E-state index contributed by atoms with van der Waals surface area (Å²) in [7, 11) is 0. The molecule has 2 aromatic heterocycles. The lowest BCUT2D eigenvalue weighted by atomic mass is 10.1. The van der Waals surface area contributed by atoms with Crippen LogP contribution in [-0.4, -0.2) is 26.4 Å². The Bertz CT molecular complexity index is 950. The summed E-state index contributed by atoms with van der Waals surface area (Å²) in [6.45, 7) is 0. The summed E-state index contributed by atoms with van der Waals surface area (Å²) in [6, 6.07) is 22.8. The maximum atomic E-state index is 5.85. The van der Waals surface area contributed by atoms with Crippen LogP contribution in [0.15, 0.2) is 79.1 Å². The van der Waals surface area contributed by atoms with Crippen molar-refractivity contribution in [2.24, 2.45) is 0 Å². The third kappa shape index (κ3) is 3.27. The van der Waals surface area contributed by atoms with Gasteiger partial charge in [-0.15, -0.1) is 11.3 Å². The number of benzene rings is 2. The predicted octanol–water partition coefficient (Wildman–Crippen LogP) is 4.39. The van der Waals surface area contributed by atoms with Crippen molar-refractivity contribution in [3.05, 3.63) is 89.6 Å². The highest BCUT2D eigenvalue weighted by Crippen LogP contribution is 2.44. The van der Waals surface area contributed by atoms with Crippen molar-refractivity contribution < 1.29 is 3.79 Å². The van der Waals surface area contributed by atoms with Crippen LogP contribution in [0.5, 0.6) is 5.75 Å². The highest BCUT2D eigenvalue weighted by molar-refractivity contribution is 7.16. The van der Waals surface area contributed by atoms with E-state index in [1.165, 1.54) is 37.5 Å². The summed E-state index contributed by atoms with van der Waals surface area (Å²) in [5.41, 5.74) is 3.47. The predicted molar refractivity (Wildman–Crippen MR) is 104 cm³/mol. The summed E-state index contributed by atoms with van der Waals surface area (Å²) < 4.78 is 7.75. The van der Waals surface area contributed by atoms with Gasteiger partial charge in [0.05, 0.1) is 9.75 Å². The maximum Gasteiger partial charge on any atom is 0.494 e. The Morgan fingerprint density at radius 3 is 2.32 bits per heavy atom. The SMILES string of the molecule is [AlH][O]c1c(Cc2ccccc2)sc(-c2ccccc2)c1-n1cccn1. The molecule has 2 aromatic carbocycles. The first-order valence-corrected chi connectivity index (χ1v) is 9.43. The number of nitrogens with zero attached hydrogens (tertiary/aromatic N) is 2. The van der Waals surface area contributed by atoms with E-state index >= 15 is 0 Å². The van der Waals surface area contributed by atoms with E-state index in [2.05, 4.69) is 53.6 Å². The van der Waals surface area contributed by atoms with E-state index in [4.69, 9.17) is 3.79 Å². The highest BCUT2D eigenvalue weighted by Gasteiger charge is 2.21. The van der Waals surface area contributed by atoms with Gasteiger partial charge in [0.2, 0.25) is 0 Å². The van der Waals surface area contributed by atoms with Gasteiger partial charge in [0.15, 0.2) is 0 Å². The van der Waals surface area contributed by atoms with Gasteiger partial charge in [0, 0.05) is 18.8 Å². The Balaban J connectivity index is 1.88. The minimum Gasteiger partial charge on any atom is -0.648 e. The molecule has 2 heterocycles. The summed E-state index contributed by atoms with van der Waals surface area (Å²) >= 11 is 3.29. The van der Waals surface area contributed by atoms with Crippen molar-refractivity contribution in [3.63, 3.8) is 0 Å². The molecule has 1 radical (unpaired) electrons. The third-order valence-electron chi connectivity index (χ3n) is 4.03. The molecule has 0 aliphatic heterocycles. The minimum atomic E-state index is 0.847. The Morgan fingerprint density at radius 2 is 1.68 bits per heavy atom. The van der Waals surface area contributed by atoms with Crippen molar-refractivity contribution in [2.75, 3.05) is 0 Å². The fourth-order valence-electron chi connectivity index (χ4n) is 2.89. The van der Waals surface area contributed by atoms with Crippen LogP contribution >= 0.6 is 11.3 Å². The first-order chi connectivity index (χ1) is 12.4. The van der Waals surface area contributed by atoms with E-state index in [1.807, 2.05) is 29.1 Å². The average molecular weight is 359 g/mol. The largest absolute Gasteiger partial charge is 0.648 e. The molecule has 0 unspecified atom stereocenters. The molecular weight excluding hydrogens is 343 g/mol. The molecule has 0 saturated carbocycles. The molecule has 121 valence electrons. The second kappa shape index (κ2) is 7.28. The van der Waals surface area contributed by atoms with Gasteiger partial charge >= 0.3 is 16.6 Å². The van der Waals surface area contributed by atoms with Crippen molar-refractivity contribution in [1.82, 2.24) is 9.78 Å². The molecule has 25 heavy (non-hydrogen) atoms. The number of aromatic nitrogens is 2. The van der Waals surface area contributed by atoms with Crippen molar-refractivity contribution >= 4 is 28.0 Å². The molecule has 5 heteroatoms. The van der Waals surface area contributed by atoms with Crippen LogP contribution in [0, 0.1) is 0 Å². The second-order valence-corrected chi connectivity index (χ2v) is 7.05. The molecule has 3 nitrogen and oxygen atoms in total. The van der Waals surface area contributed by atoms with E-state index < -0.39 is 0 Å². The summed E-state index contributed by atoms with van der Waals surface area (Å²) in [5, 5.41) is 4.45. The molecule has 0 aliphatic carbocycles. The Hall–Kier alpha value is -2.32. The summed E-state index contributed by atoms with van der Waals surface area (Å²) in [4.78, 5) is 2.39. The smallest absolute Gasteiger partial charge is 0.494 e. The van der Waals surface area contributed by atoms with E-state index in [-0.39, 0.29) is 0 Å². The molecule has 4 rings (SSSR count). The standard InChI is InChI=1S/C20H16N2OS.Al.H/c23-19-17(14-15-8-3-1-4-9-15)24-20(16-10-5-2-6-11-16)18(19)22-13-7-12-21-22;;/h1-13,23H,14H2;;/q;+1;/p-1. The monoisotopic (exact) mass is 359 g/mol. The average Bonchev–Trinajstić information content (AvgIpc) is 3.30. The number of thiophene rings is 1. The minimum absolute atomic E-state index is 0.847. The summed E-state index contributed by atoms with van der Waals surface area (Å²) in [6.07, 6.45) is 4.61. The van der Waals surface area contributed by atoms with Gasteiger partial charge in [-0.3, -0.25) is 0 Å². The molecule has 0 atom stereocenters. The normalized spacial score (nSPS) is 10.7. The van der Waals surface area contributed by atoms with Crippen LogP contribution in [0.25, 0.3) is 16.1 Å². The van der Waals surface area contributed by atoms with Gasteiger partial charge in [-0.05, 0) is 17.2 Å². The van der Waals surface area contributed by atoms with Gasteiger partial charge < -0.3 is 3.79 Å². The lowest BCUT2D eigenvalue weighted by Gasteiger charge is -2.10. The fraction of sp³-hybridized carbons (Fsp3) is 0.0500. The van der Waals surface area contributed by atoms with Crippen molar-refractivity contribution in [2.45, 2.75) is 6.42 Å². The van der Waals surface area contributed by atoms with Gasteiger partial charge in [0.25, 0.3) is 0 Å². The molecule has 0 aliphatic rings. The van der Waals surface area contributed by atoms with E-state index in [0.29, 0.717) is 0 Å². The Kier molecular flexibility index (Phi) is 4.71. The summed E-state index contributed by atoms with van der Waals surface area (Å²) in [5.74, 6) is 0.912. The maximum absolute atomic E-state index is 5.85. The van der Waals surface area contributed by atoms with Crippen LogP contribution in [-0.2, 0) is 6.42 Å². The van der Waals surface area contributed by atoms with E-state index in [9.17, 15) is 0 Å². The third-order valence-corrected chi connectivity index (χ3v) is 5.53. The van der Waals surface area contributed by atoms with Crippen LogP contribution in [0.2, 0.25) is 0 Å². The quantitative estimate of drug-likeness (QED) is 0.494. The molecule has 0 bridgehead atoms. The van der Waals surface area contributed by atoms with Gasteiger partial charge in [-0.2, -0.15) is 5.10 Å².